The van der Waals surface area contributed by atoms with E-state index in [1.165, 1.54) is 17.8 Å². The Morgan fingerprint density at radius 3 is 2.66 bits per heavy atom. The number of aryl methyl sites for hydroxylation is 2. The van der Waals surface area contributed by atoms with Crippen molar-refractivity contribution in [1.82, 2.24) is 20.2 Å². The van der Waals surface area contributed by atoms with Gasteiger partial charge in [0.1, 0.15) is 18.0 Å². The predicted octanol–water partition coefficient (Wildman–Crippen LogP) is 4.46. The zero-order valence-corrected chi connectivity index (χ0v) is 19.7. The number of imidazole rings is 1. The van der Waals surface area contributed by atoms with E-state index in [-0.39, 0.29) is 5.70 Å². The van der Waals surface area contributed by atoms with Gasteiger partial charge in [0.25, 0.3) is 5.91 Å². The van der Waals surface area contributed by atoms with Crippen LogP contribution in [0.1, 0.15) is 16.9 Å². The molecule has 2 aromatic carbocycles. The smallest absolute Gasteiger partial charge is 0.329 e. The summed E-state index contributed by atoms with van der Waals surface area (Å²) in [6.07, 6.45) is 1.43. The molecule has 5 rings (SSSR count). The van der Waals surface area contributed by atoms with E-state index in [0.29, 0.717) is 21.7 Å². The average Bonchev–Trinajstić information content (AvgIpc) is 3.49. The van der Waals surface area contributed by atoms with Crippen LogP contribution >= 0.6 is 11.8 Å². The largest absolute Gasteiger partial charge is 0.450 e. The van der Waals surface area contributed by atoms with E-state index in [2.05, 4.69) is 20.6 Å². The normalized spacial score (nSPS) is 14.7. The lowest BCUT2D eigenvalue weighted by molar-refractivity contribution is -0.127. The first kappa shape index (κ1) is 22.5. The van der Waals surface area contributed by atoms with Crippen molar-refractivity contribution in [2.45, 2.75) is 24.1 Å². The minimum absolute atomic E-state index is 0.0308. The molecule has 1 aliphatic rings. The second-order valence-electron chi connectivity index (χ2n) is 8.12. The second-order valence-corrected chi connectivity index (χ2v) is 9.11. The molecule has 3 N–H and O–H groups in total. The minimum atomic E-state index is -0.668. The van der Waals surface area contributed by atoms with E-state index in [1.807, 2.05) is 44.2 Å². The van der Waals surface area contributed by atoms with Crippen molar-refractivity contribution < 1.29 is 18.8 Å². The van der Waals surface area contributed by atoms with Gasteiger partial charge in [-0.25, -0.2) is 14.7 Å². The molecule has 3 heterocycles. The highest BCUT2D eigenvalue weighted by atomic mass is 32.2. The average molecular weight is 488 g/mol. The Morgan fingerprint density at radius 1 is 1.09 bits per heavy atom. The van der Waals surface area contributed by atoms with Gasteiger partial charge in [0.15, 0.2) is 10.2 Å². The number of anilines is 1. The second kappa shape index (κ2) is 9.15. The number of furan rings is 1. The molecule has 2 aromatic heterocycles. The Bertz CT molecular complexity index is 1490. The number of nitrogens with one attached hydrogen (secondary N) is 3. The topological polar surface area (TPSA) is 120 Å². The maximum absolute atomic E-state index is 12.7. The molecule has 0 atom stereocenters. The molecule has 0 aliphatic carbocycles. The molecule has 4 amide bonds. The molecular weight excluding hydrogens is 466 g/mol. The Balaban J connectivity index is 1.24. The Hall–Kier alpha value is -4.31. The van der Waals surface area contributed by atoms with Gasteiger partial charge in [-0.05, 0) is 67.6 Å². The molecule has 0 saturated carbocycles. The quantitative estimate of drug-likeness (QED) is 0.273. The zero-order chi connectivity index (χ0) is 24.5. The molecule has 0 unspecified atom stereocenters. The zero-order valence-electron chi connectivity index (χ0n) is 18.9. The number of rotatable bonds is 6. The van der Waals surface area contributed by atoms with Crippen molar-refractivity contribution in [3.05, 3.63) is 77.2 Å². The number of nitrogens with zero attached hydrogens (tertiary/aromatic N) is 2. The van der Waals surface area contributed by atoms with Gasteiger partial charge in [0.2, 0.25) is 5.91 Å². The van der Waals surface area contributed by atoms with Crippen LogP contribution in [0.15, 0.2) is 75.0 Å². The number of hydrogen-bond donors (Lipinski definition) is 3. The van der Waals surface area contributed by atoms with Crippen molar-refractivity contribution in [1.29, 1.82) is 0 Å². The van der Waals surface area contributed by atoms with Crippen LogP contribution in [0.3, 0.4) is 0 Å². The molecule has 4 aromatic rings. The predicted molar refractivity (Wildman–Crippen MR) is 132 cm³/mol. The third-order valence-corrected chi connectivity index (χ3v) is 6.11. The summed E-state index contributed by atoms with van der Waals surface area (Å²) in [5.41, 5.74) is 4.60. The van der Waals surface area contributed by atoms with E-state index in [4.69, 9.17) is 4.42 Å². The summed E-state index contributed by atoms with van der Waals surface area (Å²) < 4.78 is 5.78. The van der Waals surface area contributed by atoms with Crippen molar-refractivity contribution in [3.63, 3.8) is 0 Å². The van der Waals surface area contributed by atoms with E-state index in [9.17, 15) is 14.4 Å². The van der Waals surface area contributed by atoms with Gasteiger partial charge in [-0.2, -0.15) is 0 Å². The van der Waals surface area contributed by atoms with E-state index in [1.54, 1.807) is 24.3 Å². The summed E-state index contributed by atoms with van der Waals surface area (Å²) >= 11 is 1.31. The van der Waals surface area contributed by atoms with E-state index < -0.39 is 24.4 Å². The minimum Gasteiger partial charge on any atom is -0.450 e. The van der Waals surface area contributed by atoms with Crippen molar-refractivity contribution >= 4 is 52.4 Å². The van der Waals surface area contributed by atoms with Crippen LogP contribution < -0.4 is 10.6 Å². The summed E-state index contributed by atoms with van der Waals surface area (Å²) in [6, 6.07) is 16.0. The van der Waals surface area contributed by atoms with E-state index in [0.717, 1.165) is 27.1 Å². The number of H-pyrrole nitrogens is 1. The van der Waals surface area contributed by atoms with Crippen LogP contribution in [0.5, 0.6) is 0 Å². The third-order valence-electron chi connectivity index (χ3n) is 5.30. The van der Waals surface area contributed by atoms with Gasteiger partial charge in [-0.3, -0.25) is 9.59 Å². The molecule has 9 nitrogen and oxygen atoms in total. The monoisotopic (exact) mass is 487 g/mol. The third kappa shape index (κ3) is 4.97. The van der Waals surface area contributed by atoms with Crippen molar-refractivity contribution in [2.75, 3.05) is 11.9 Å². The van der Waals surface area contributed by atoms with Gasteiger partial charge in [-0.15, -0.1) is 0 Å². The highest BCUT2D eigenvalue weighted by Crippen LogP contribution is 2.30. The summed E-state index contributed by atoms with van der Waals surface area (Å²) in [5.74, 6) is -0.697. The van der Waals surface area contributed by atoms with Gasteiger partial charge >= 0.3 is 6.03 Å². The Morgan fingerprint density at radius 2 is 1.86 bits per heavy atom. The molecule has 10 heteroatoms. The van der Waals surface area contributed by atoms with Crippen LogP contribution in [0, 0.1) is 13.8 Å². The molecule has 0 radical (unpaired) electrons. The van der Waals surface area contributed by atoms with Crippen LogP contribution in [-0.2, 0) is 9.59 Å². The lowest BCUT2D eigenvalue weighted by Gasteiger charge is -2.12. The Kier molecular flexibility index (Phi) is 5.87. The molecule has 0 bridgehead atoms. The first-order valence-electron chi connectivity index (χ1n) is 10.8. The molecule has 35 heavy (non-hydrogen) atoms. The van der Waals surface area contributed by atoms with Gasteiger partial charge < -0.3 is 20.0 Å². The molecule has 1 aliphatic heterocycles. The van der Waals surface area contributed by atoms with Crippen LogP contribution in [-0.4, -0.2) is 39.3 Å². The fourth-order valence-corrected chi connectivity index (χ4v) is 4.32. The lowest BCUT2D eigenvalue weighted by atomic mass is 10.2. The highest BCUT2D eigenvalue weighted by Gasteiger charge is 2.35. The molecule has 0 spiro atoms. The summed E-state index contributed by atoms with van der Waals surface area (Å²) in [7, 11) is 0. The maximum atomic E-state index is 12.7. The molecule has 176 valence electrons. The van der Waals surface area contributed by atoms with Crippen LogP contribution in [0.4, 0.5) is 10.5 Å². The van der Waals surface area contributed by atoms with Gasteiger partial charge in [0, 0.05) is 11.8 Å². The first-order chi connectivity index (χ1) is 16.8. The summed E-state index contributed by atoms with van der Waals surface area (Å²) in [6.45, 7) is 3.55. The number of aromatic amines is 1. The van der Waals surface area contributed by atoms with Gasteiger partial charge in [-0.1, -0.05) is 23.8 Å². The number of carbonyl (C=O) groups excluding carboxylic acids is 3. The van der Waals surface area contributed by atoms with Gasteiger partial charge in [0.05, 0.1) is 11.0 Å². The number of urea groups is 1. The molecule has 1 fully saturated rings. The van der Waals surface area contributed by atoms with Crippen LogP contribution in [0.25, 0.3) is 17.1 Å². The maximum Gasteiger partial charge on any atom is 0.329 e. The number of aromatic nitrogens is 2. The van der Waals surface area contributed by atoms with E-state index >= 15 is 0 Å². The fourth-order valence-electron chi connectivity index (χ4n) is 3.55. The number of carbonyl (C=O) groups is 3. The lowest BCUT2D eigenvalue weighted by Crippen LogP contribution is -2.38. The SMILES string of the molecule is Cc1ccc(NC(=O)CN2C(=O)N/C(=C/c3ccc(Sc4nc5ccc(C)cc5[nH]4)o3)C2=O)cc1. The fraction of sp³-hybridized carbons (Fsp3) is 0.120. The van der Waals surface area contributed by atoms with Crippen molar-refractivity contribution in [2.24, 2.45) is 0 Å². The number of fused-ring (bicyclic) bond motifs is 1. The number of amides is 4. The van der Waals surface area contributed by atoms with Crippen LogP contribution in [0.2, 0.25) is 0 Å². The molecular formula is C25H21N5O4S. The number of benzene rings is 2. The Labute approximate surface area is 204 Å². The number of imide groups is 1. The highest BCUT2D eigenvalue weighted by molar-refractivity contribution is 7.99. The summed E-state index contributed by atoms with van der Waals surface area (Å²) in [5, 5.41) is 6.42. The number of hydrogen-bond acceptors (Lipinski definition) is 6. The first-order valence-corrected chi connectivity index (χ1v) is 11.6. The standard InChI is InChI=1S/C25H21N5O4S/c1-14-3-6-16(7-4-14)26-21(31)13-30-23(32)20(29-25(30)33)12-17-8-10-22(34-17)35-24-27-18-9-5-15(2)11-19(18)28-24/h3-12H,13H2,1-2H3,(H,26,31)(H,27,28)(H,29,33)/b20-12+. The summed E-state index contributed by atoms with van der Waals surface area (Å²) in [4.78, 5) is 46.0. The van der Waals surface area contributed by atoms with Crippen molar-refractivity contribution in [3.8, 4) is 0 Å². The molecule has 1 saturated heterocycles.